The predicted octanol–water partition coefficient (Wildman–Crippen LogP) is 4.10. The van der Waals surface area contributed by atoms with Crippen LogP contribution in [0.15, 0.2) is 59.1 Å². The molecule has 1 fully saturated rings. The molecule has 0 saturated carbocycles. The Bertz CT molecular complexity index is 1000. The highest BCUT2D eigenvalue weighted by Crippen LogP contribution is 2.26. The topological polar surface area (TPSA) is 80.5 Å². The number of anilines is 1. The molecule has 32 heavy (non-hydrogen) atoms. The Morgan fingerprint density at radius 1 is 1.22 bits per heavy atom. The fraction of sp³-hybridized carbons (Fsp3) is 0.400. The highest BCUT2D eigenvalue weighted by molar-refractivity contribution is 5.79. The fourth-order valence-corrected chi connectivity index (χ4v) is 4.03. The summed E-state index contributed by atoms with van der Waals surface area (Å²) in [6.45, 7) is 3.46. The molecule has 2 heterocycles. The quantitative estimate of drug-likeness (QED) is 0.575. The van der Waals surface area contributed by atoms with Crippen LogP contribution in [0.2, 0.25) is 0 Å². The molecule has 0 bridgehead atoms. The first-order chi connectivity index (χ1) is 15.6. The summed E-state index contributed by atoms with van der Waals surface area (Å²) in [5.74, 6) is 1.33. The predicted molar refractivity (Wildman–Crippen MR) is 124 cm³/mol. The van der Waals surface area contributed by atoms with Gasteiger partial charge in [0.2, 0.25) is 11.7 Å². The molecule has 1 aliphatic rings. The van der Waals surface area contributed by atoms with E-state index in [-0.39, 0.29) is 17.9 Å². The maximum atomic E-state index is 12.9. The lowest BCUT2D eigenvalue weighted by Gasteiger charge is -2.31. The Kier molecular flexibility index (Phi) is 7.04. The number of aromatic nitrogens is 2. The average Bonchev–Trinajstić information content (AvgIpc) is 3.34. The van der Waals surface area contributed by atoms with Crippen LogP contribution in [0.3, 0.4) is 0 Å². The molecule has 1 aromatic heterocycles. The van der Waals surface area contributed by atoms with Crippen LogP contribution in [0, 0.1) is 5.92 Å². The third-order valence-electron chi connectivity index (χ3n) is 5.92. The van der Waals surface area contributed by atoms with Gasteiger partial charge in [-0.25, -0.2) is 0 Å². The third-order valence-corrected chi connectivity index (χ3v) is 5.92. The van der Waals surface area contributed by atoms with Crippen molar-refractivity contribution >= 4 is 11.9 Å². The first-order valence-electron chi connectivity index (χ1n) is 11.2. The summed E-state index contributed by atoms with van der Waals surface area (Å²) < 4.78 is 10.7. The molecule has 0 spiro atoms. The van der Waals surface area contributed by atoms with E-state index in [4.69, 9.17) is 9.26 Å². The van der Waals surface area contributed by atoms with Crippen LogP contribution in [-0.4, -0.2) is 42.3 Å². The standard InChI is InChI=1S/C25H30N4O3/c1-18(10-11-19-7-4-3-5-8-19)26-24(30)21-9-6-16-29(17-21)25-27-23(28-32-25)20-12-14-22(31-2)15-13-20/h3-5,7-8,12-15,18,21H,6,9-11,16-17H2,1-2H3,(H,26,30)/t18-,21-/m0/s1. The van der Waals surface area contributed by atoms with Crippen molar-refractivity contribution < 1.29 is 14.1 Å². The van der Waals surface area contributed by atoms with Gasteiger partial charge in [-0.3, -0.25) is 4.79 Å². The van der Waals surface area contributed by atoms with Crippen LogP contribution < -0.4 is 15.0 Å². The number of hydrogen-bond acceptors (Lipinski definition) is 6. The van der Waals surface area contributed by atoms with E-state index in [1.807, 2.05) is 47.4 Å². The number of piperidine rings is 1. The van der Waals surface area contributed by atoms with E-state index in [0.717, 1.165) is 43.5 Å². The molecule has 2 atom stereocenters. The van der Waals surface area contributed by atoms with Crippen molar-refractivity contribution in [1.82, 2.24) is 15.5 Å². The highest BCUT2D eigenvalue weighted by Gasteiger charge is 2.29. The van der Waals surface area contributed by atoms with Crippen LogP contribution >= 0.6 is 0 Å². The van der Waals surface area contributed by atoms with Gasteiger partial charge in [-0.15, -0.1) is 0 Å². The van der Waals surface area contributed by atoms with Crippen LogP contribution in [0.25, 0.3) is 11.4 Å². The van der Waals surface area contributed by atoms with Gasteiger partial charge < -0.3 is 19.5 Å². The second-order valence-corrected chi connectivity index (χ2v) is 8.35. The van der Waals surface area contributed by atoms with Crippen molar-refractivity contribution in [2.75, 3.05) is 25.1 Å². The summed E-state index contributed by atoms with van der Waals surface area (Å²) in [5, 5.41) is 7.31. The second-order valence-electron chi connectivity index (χ2n) is 8.35. The van der Waals surface area contributed by atoms with Gasteiger partial charge in [-0.2, -0.15) is 4.98 Å². The Morgan fingerprint density at radius 3 is 2.75 bits per heavy atom. The maximum Gasteiger partial charge on any atom is 0.324 e. The monoisotopic (exact) mass is 434 g/mol. The summed E-state index contributed by atoms with van der Waals surface area (Å²) in [6.07, 6.45) is 3.65. The summed E-state index contributed by atoms with van der Waals surface area (Å²) in [5.41, 5.74) is 2.15. The summed E-state index contributed by atoms with van der Waals surface area (Å²) in [4.78, 5) is 19.4. The van der Waals surface area contributed by atoms with Crippen LogP contribution in [0.4, 0.5) is 6.01 Å². The summed E-state index contributed by atoms with van der Waals surface area (Å²) >= 11 is 0. The average molecular weight is 435 g/mol. The Morgan fingerprint density at radius 2 is 2.00 bits per heavy atom. The number of ether oxygens (including phenoxy) is 1. The third kappa shape index (κ3) is 5.46. The van der Waals surface area contributed by atoms with Crippen molar-refractivity contribution in [1.29, 1.82) is 0 Å². The fourth-order valence-electron chi connectivity index (χ4n) is 4.03. The van der Waals surface area contributed by atoms with E-state index in [1.165, 1.54) is 5.56 Å². The van der Waals surface area contributed by atoms with Crippen LogP contribution in [0.5, 0.6) is 5.75 Å². The van der Waals surface area contributed by atoms with Gasteiger partial charge in [0.15, 0.2) is 0 Å². The lowest BCUT2D eigenvalue weighted by Crippen LogP contribution is -2.45. The smallest absolute Gasteiger partial charge is 0.324 e. The molecule has 1 N–H and O–H groups in total. The number of methoxy groups -OCH3 is 1. The highest BCUT2D eigenvalue weighted by atomic mass is 16.5. The second kappa shape index (κ2) is 10.3. The molecular weight excluding hydrogens is 404 g/mol. The van der Waals surface area contributed by atoms with E-state index in [9.17, 15) is 4.79 Å². The first kappa shape index (κ1) is 21.9. The SMILES string of the molecule is COc1ccc(-c2noc(N3CCC[C@H](C(=O)N[C@@H](C)CCc4ccccc4)C3)n2)cc1. The number of nitrogens with zero attached hydrogens (tertiary/aromatic N) is 3. The number of rotatable bonds is 8. The minimum atomic E-state index is -0.0840. The van der Waals surface area contributed by atoms with Gasteiger partial charge in [0.1, 0.15) is 5.75 Å². The molecule has 1 saturated heterocycles. The van der Waals surface area contributed by atoms with E-state index in [0.29, 0.717) is 18.4 Å². The minimum absolute atomic E-state index is 0.0840. The number of amides is 1. The van der Waals surface area contributed by atoms with Crippen molar-refractivity contribution in [3.05, 3.63) is 60.2 Å². The zero-order valence-corrected chi connectivity index (χ0v) is 18.7. The Hall–Kier alpha value is -3.35. The van der Waals surface area contributed by atoms with Crippen LogP contribution in [-0.2, 0) is 11.2 Å². The molecule has 3 aromatic rings. The molecule has 2 aromatic carbocycles. The van der Waals surface area contributed by atoms with Crippen LogP contribution in [0.1, 0.15) is 31.7 Å². The zero-order chi connectivity index (χ0) is 22.3. The number of aryl methyl sites for hydroxylation is 1. The molecule has 1 amide bonds. The molecule has 0 unspecified atom stereocenters. The molecule has 7 nitrogen and oxygen atoms in total. The van der Waals surface area contributed by atoms with E-state index >= 15 is 0 Å². The first-order valence-corrected chi connectivity index (χ1v) is 11.2. The Balaban J connectivity index is 1.31. The molecular formula is C25H30N4O3. The number of hydrogen-bond donors (Lipinski definition) is 1. The minimum Gasteiger partial charge on any atom is -0.497 e. The van der Waals surface area contributed by atoms with Crippen molar-refractivity contribution in [3.8, 4) is 17.1 Å². The lowest BCUT2D eigenvalue weighted by molar-refractivity contribution is -0.125. The zero-order valence-electron chi connectivity index (χ0n) is 18.7. The van der Waals surface area contributed by atoms with Crippen molar-refractivity contribution in [3.63, 3.8) is 0 Å². The van der Waals surface area contributed by atoms with Gasteiger partial charge in [-0.1, -0.05) is 35.5 Å². The largest absolute Gasteiger partial charge is 0.497 e. The molecule has 0 radical (unpaired) electrons. The van der Waals surface area contributed by atoms with E-state index < -0.39 is 0 Å². The molecule has 0 aliphatic carbocycles. The van der Waals surface area contributed by atoms with E-state index in [1.54, 1.807) is 7.11 Å². The normalized spacial score (nSPS) is 17.1. The van der Waals surface area contributed by atoms with Gasteiger partial charge in [0.05, 0.1) is 13.0 Å². The number of carbonyl (C=O) groups excluding carboxylic acids is 1. The molecule has 168 valence electrons. The van der Waals surface area contributed by atoms with Crippen molar-refractivity contribution in [2.24, 2.45) is 5.92 Å². The van der Waals surface area contributed by atoms with Gasteiger partial charge in [-0.05, 0) is 62.4 Å². The Labute approximate surface area is 188 Å². The number of nitrogens with one attached hydrogen (secondary N) is 1. The van der Waals surface area contributed by atoms with Crippen molar-refractivity contribution in [2.45, 2.75) is 38.6 Å². The maximum absolute atomic E-state index is 12.9. The summed E-state index contributed by atoms with van der Waals surface area (Å²) in [6, 6.07) is 18.5. The number of carbonyl (C=O) groups is 1. The number of benzene rings is 2. The molecule has 4 rings (SSSR count). The lowest BCUT2D eigenvalue weighted by atomic mass is 9.96. The molecule has 7 heteroatoms. The van der Waals surface area contributed by atoms with E-state index in [2.05, 4.69) is 34.5 Å². The van der Waals surface area contributed by atoms with Gasteiger partial charge in [0.25, 0.3) is 0 Å². The van der Waals surface area contributed by atoms with Gasteiger partial charge in [0, 0.05) is 24.7 Å². The molecule has 1 aliphatic heterocycles. The van der Waals surface area contributed by atoms with Gasteiger partial charge >= 0.3 is 6.01 Å². The summed E-state index contributed by atoms with van der Waals surface area (Å²) in [7, 11) is 1.63.